The third-order valence-electron chi connectivity index (χ3n) is 4.38. The predicted molar refractivity (Wildman–Crippen MR) is 95.3 cm³/mol. The van der Waals surface area contributed by atoms with E-state index in [0.29, 0.717) is 25.9 Å². The van der Waals surface area contributed by atoms with Gasteiger partial charge in [-0.05, 0) is 31.0 Å². The number of carbonyl (C=O) groups excluding carboxylic acids is 2. The summed E-state index contributed by atoms with van der Waals surface area (Å²) in [5, 5.41) is 5.69. The largest absolute Gasteiger partial charge is 0.457 e. The number of carbonyl (C=O) groups is 2. The molecule has 1 heterocycles. The first-order valence-electron chi connectivity index (χ1n) is 8.49. The summed E-state index contributed by atoms with van der Waals surface area (Å²) in [5.74, 6) is 1.35. The van der Waals surface area contributed by atoms with Crippen molar-refractivity contribution in [2.75, 3.05) is 6.54 Å². The van der Waals surface area contributed by atoms with Gasteiger partial charge in [-0.2, -0.15) is 0 Å². The fourth-order valence-electron chi connectivity index (χ4n) is 2.82. The molecule has 0 spiro atoms. The first-order valence-corrected chi connectivity index (χ1v) is 8.49. The molecule has 1 saturated heterocycles. The Kier molecular flexibility index (Phi) is 5.33. The van der Waals surface area contributed by atoms with E-state index in [9.17, 15) is 9.59 Å². The van der Waals surface area contributed by atoms with Crippen LogP contribution in [-0.4, -0.2) is 18.4 Å². The van der Waals surface area contributed by atoms with Crippen molar-refractivity contribution >= 4 is 11.8 Å². The molecule has 130 valence electrons. The highest BCUT2D eigenvalue weighted by Crippen LogP contribution is 2.27. The van der Waals surface area contributed by atoms with E-state index in [2.05, 4.69) is 10.6 Å². The van der Waals surface area contributed by atoms with Gasteiger partial charge < -0.3 is 15.4 Å². The van der Waals surface area contributed by atoms with Gasteiger partial charge in [0.15, 0.2) is 0 Å². The molecule has 0 aromatic heterocycles. The summed E-state index contributed by atoms with van der Waals surface area (Å²) in [6.07, 6.45) is 1.00. The van der Waals surface area contributed by atoms with Crippen LogP contribution in [0.25, 0.3) is 0 Å². The molecule has 1 atom stereocenters. The Morgan fingerprint density at radius 1 is 1.16 bits per heavy atom. The molecule has 2 aromatic rings. The predicted octanol–water partition coefficient (Wildman–Crippen LogP) is 2.93. The van der Waals surface area contributed by atoms with Crippen molar-refractivity contribution in [1.29, 1.82) is 0 Å². The monoisotopic (exact) mass is 338 g/mol. The lowest BCUT2D eigenvalue weighted by Crippen LogP contribution is -2.42. The van der Waals surface area contributed by atoms with Crippen molar-refractivity contribution in [1.82, 2.24) is 10.6 Å². The van der Waals surface area contributed by atoms with Gasteiger partial charge in [0.05, 0.1) is 5.92 Å². The van der Waals surface area contributed by atoms with E-state index >= 15 is 0 Å². The maximum absolute atomic E-state index is 12.3. The molecule has 5 nitrogen and oxygen atoms in total. The molecule has 0 bridgehead atoms. The Balaban J connectivity index is 1.64. The lowest BCUT2D eigenvalue weighted by atomic mass is 9.98. The van der Waals surface area contributed by atoms with Crippen molar-refractivity contribution in [3.8, 4) is 11.5 Å². The second kappa shape index (κ2) is 7.83. The van der Waals surface area contributed by atoms with E-state index in [-0.39, 0.29) is 17.7 Å². The molecule has 2 amide bonds. The average Bonchev–Trinajstić information content (AvgIpc) is 2.63. The fourth-order valence-corrected chi connectivity index (χ4v) is 2.82. The van der Waals surface area contributed by atoms with Crippen molar-refractivity contribution in [2.45, 2.75) is 26.3 Å². The molecule has 1 fully saturated rings. The minimum Gasteiger partial charge on any atom is -0.457 e. The molecular weight excluding hydrogens is 316 g/mol. The highest BCUT2D eigenvalue weighted by molar-refractivity contribution is 5.83. The molecule has 5 heteroatoms. The van der Waals surface area contributed by atoms with Crippen LogP contribution in [0.15, 0.2) is 48.5 Å². The lowest BCUT2D eigenvalue weighted by Gasteiger charge is -2.22. The summed E-state index contributed by atoms with van der Waals surface area (Å²) in [6.45, 7) is 2.80. The van der Waals surface area contributed by atoms with E-state index in [1.54, 1.807) is 0 Å². The molecule has 2 N–H and O–H groups in total. The maximum atomic E-state index is 12.3. The molecule has 0 radical (unpaired) electrons. The second-order valence-electron chi connectivity index (χ2n) is 6.23. The smallest absolute Gasteiger partial charge is 0.225 e. The Bertz CT molecular complexity index is 763. The molecule has 25 heavy (non-hydrogen) atoms. The van der Waals surface area contributed by atoms with Gasteiger partial charge in [0, 0.05) is 25.1 Å². The Labute approximate surface area is 147 Å². The third-order valence-corrected chi connectivity index (χ3v) is 4.38. The van der Waals surface area contributed by atoms with E-state index in [1.807, 2.05) is 55.5 Å². The van der Waals surface area contributed by atoms with Gasteiger partial charge in [0.25, 0.3) is 0 Å². The first kappa shape index (κ1) is 17.0. The second-order valence-corrected chi connectivity index (χ2v) is 6.23. The van der Waals surface area contributed by atoms with Crippen molar-refractivity contribution in [3.63, 3.8) is 0 Å². The minimum atomic E-state index is -0.165. The number of piperidine rings is 1. The number of benzene rings is 2. The van der Waals surface area contributed by atoms with Crippen LogP contribution in [0.2, 0.25) is 0 Å². The summed E-state index contributed by atoms with van der Waals surface area (Å²) < 4.78 is 6.02. The molecule has 2 aromatic carbocycles. The van der Waals surface area contributed by atoms with E-state index in [4.69, 9.17) is 4.74 Å². The van der Waals surface area contributed by atoms with Crippen LogP contribution in [0.3, 0.4) is 0 Å². The van der Waals surface area contributed by atoms with E-state index in [0.717, 1.165) is 22.6 Å². The Morgan fingerprint density at radius 2 is 1.88 bits per heavy atom. The van der Waals surface area contributed by atoms with E-state index < -0.39 is 0 Å². The molecule has 0 unspecified atom stereocenters. The van der Waals surface area contributed by atoms with Crippen LogP contribution in [0.1, 0.15) is 24.0 Å². The summed E-state index contributed by atoms with van der Waals surface area (Å²) >= 11 is 0. The van der Waals surface area contributed by atoms with Gasteiger partial charge in [0.2, 0.25) is 11.8 Å². The first-order chi connectivity index (χ1) is 12.1. The molecular formula is C20H22N2O3. The number of hydrogen-bond acceptors (Lipinski definition) is 3. The summed E-state index contributed by atoms with van der Waals surface area (Å²) in [5.41, 5.74) is 1.97. The van der Waals surface area contributed by atoms with Gasteiger partial charge in [0.1, 0.15) is 11.5 Å². The molecule has 0 aliphatic carbocycles. The van der Waals surface area contributed by atoms with Crippen LogP contribution in [0.4, 0.5) is 0 Å². The zero-order valence-corrected chi connectivity index (χ0v) is 14.2. The molecule has 1 aliphatic heterocycles. The molecule has 3 rings (SSSR count). The summed E-state index contributed by atoms with van der Waals surface area (Å²) in [6, 6.07) is 15.5. The maximum Gasteiger partial charge on any atom is 0.225 e. The zero-order valence-electron chi connectivity index (χ0n) is 14.2. The van der Waals surface area contributed by atoms with Crippen LogP contribution in [-0.2, 0) is 16.1 Å². The number of para-hydroxylation sites is 2. The van der Waals surface area contributed by atoms with Crippen LogP contribution in [0, 0.1) is 12.8 Å². The van der Waals surface area contributed by atoms with E-state index in [1.165, 1.54) is 0 Å². The third kappa shape index (κ3) is 4.38. The van der Waals surface area contributed by atoms with Crippen molar-refractivity contribution in [2.24, 2.45) is 5.92 Å². The van der Waals surface area contributed by atoms with Gasteiger partial charge in [-0.15, -0.1) is 0 Å². The number of hydrogen-bond donors (Lipinski definition) is 2. The standard InChI is InChI=1S/C20H22N2O3/c1-14-6-2-4-8-17(14)25-18-9-5-3-7-15(18)12-22-20(24)16-10-11-19(23)21-13-16/h2-9,16H,10-13H2,1H3,(H,21,23)(H,22,24)/t16-/m1/s1. The molecule has 1 aliphatic rings. The van der Waals surface area contributed by atoms with Gasteiger partial charge in [-0.3, -0.25) is 9.59 Å². The van der Waals surface area contributed by atoms with Crippen molar-refractivity contribution < 1.29 is 14.3 Å². The van der Waals surface area contributed by atoms with Crippen LogP contribution in [0.5, 0.6) is 11.5 Å². The Hall–Kier alpha value is -2.82. The fraction of sp³-hybridized carbons (Fsp3) is 0.300. The van der Waals surface area contributed by atoms with Crippen LogP contribution < -0.4 is 15.4 Å². The number of nitrogens with one attached hydrogen (secondary N) is 2. The number of rotatable bonds is 5. The van der Waals surface area contributed by atoms with Gasteiger partial charge in [-0.1, -0.05) is 36.4 Å². The van der Waals surface area contributed by atoms with Gasteiger partial charge >= 0.3 is 0 Å². The highest BCUT2D eigenvalue weighted by atomic mass is 16.5. The molecule has 0 saturated carbocycles. The number of ether oxygens (including phenoxy) is 1. The summed E-state index contributed by atoms with van der Waals surface area (Å²) in [4.78, 5) is 23.5. The van der Waals surface area contributed by atoms with Crippen LogP contribution >= 0.6 is 0 Å². The minimum absolute atomic E-state index is 0.0148. The SMILES string of the molecule is Cc1ccccc1Oc1ccccc1CNC(=O)[C@@H]1CCC(=O)NC1. The number of amides is 2. The van der Waals surface area contributed by atoms with Crippen molar-refractivity contribution in [3.05, 3.63) is 59.7 Å². The normalized spacial score (nSPS) is 16.8. The summed E-state index contributed by atoms with van der Waals surface area (Å²) in [7, 11) is 0. The average molecular weight is 338 g/mol. The lowest BCUT2D eigenvalue weighted by molar-refractivity contribution is -0.129. The quantitative estimate of drug-likeness (QED) is 0.881. The highest BCUT2D eigenvalue weighted by Gasteiger charge is 2.24. The number of aryl methyl sites for hydroxylation is 1. The zero-order chi connectivity index (χ0) is 17.6. The topological polar surface area (TPSA) is 67.4 Å². The Morgan fingerprint density at radius 3 is 2.60 bits per heavy atom. The van der Waals surface area contributed by atoms with Gasteiger partial charge in [-0.25, -0.2) is 0 Å².